The molecule has 11 heteroatoms. The van der Waals surface area contributed by atoms with Crippen LogP contribution in [-0.4, -0.2) is 50.5 Å². The topological polar surface area (TPSA) is 86.8 Å². The molecule has 2 amide bonds. The Bertz CT molecular complexity index is 1420. The lowest BCUT2D eigenvalue weighted by Crippen LogP contribution is -2.53. The van der Waals surface area contributed by atoms with E-state index in [1.807, 2.05) is 13.0 Å². The monoisotopic (exact) mass is 591 g/mol. The number of nitrogens with one attached hydrogen (secondary N) is 1. The van der Waals surface area contributed by atoms with E-state index < -0.39 is 46.1 Å². The van der Waals surface area contributed by atoms with E-state index in [1.165, 1.54) is 29.2 Å². The normalized spacial score (nSPS) is 12.0. The van der Waals surface area contributed by atoms with E-state index in [2.05, 4.69) is 5.32 Å². The molecule has 7 nitrogen and oxygen atoms in total. The van der Waals surface area contributed by atoms with Crippen molar-refractivity contribution in [1.82, 2.24) is 10.2 Å². The van der Waals surface area contributed by atoms with Crippen LogP contribution in [0.2, 0.25) is 5.02 Å². The molecule has 0 saturated heterocycles. The van der Waals surface area contributed by atoms with Gasteiger partial charge in [0, 0.05) is 25.1 Å². The number of amides is 2. The van der Waals surface area contributed by atoms with Gasteiger partial charge in [-0.15, -0.1) is 0 Å². The third-order valence-electron chi connectivity index (χ3n) is 6.27. The number of benzene rings is 3. The summed E-state index contributed by atoms with van der Waals surface area (Å²) in [6.45, 7) is 1.35. The Hall–Kier alpha value is -3.50. The van der Waals surface area contributed by atoms with Gasteiger partial charge in [0.1, 0.15) is 24.2 Å². The van der Waals surface area contributed by atoms with Crippen molar-refractivity contribution in [3.05, 3.63) is 101 Å². The van der Waals surface area contributed by atoms with Gasteiger partial charge >= 0.3 is 0 Å². The van der Waals surface area contributed by atoms with Crippen LogP contribution in [0, 0.1) is 11.6 Å². The molecule has 0 spiro atoms. The first-order valence-corrected chi connectivity index (χ1v) is 15.0. The summed E-state index contributed by atoms with van der Waals surface area (Å²) >= 11 is 5.89. The van der Waals surface area contributed by atoms with Crippen molar-refractivity contribution in [3.63, 3.8) is 0 Å². The minimum atomic E-state index is -4.05. The summed E-state index contributed by atoms with van der Waals surface area (Å²) < 4.78 is 54.8. The third-order valence-corrected chi connectivity index (χ3v) is 7.70. The Kier molecular flexibility index (Phi) is 11.0. The summed E-state index contributed by atoms with van der Waals surface area (Å²) in [7, 11) is -4.05. The van der Waals surface area contributed by atoms with Crippen LogP contribution >= 0.6 is 11.6 Å². The van der Waals surface area contributed by atoms with Crippen LogP contribution in [-0.2, 0) is 32.6 Å². The van der Waals surface area contributed by atoms with Gasteiger partial charge in [-0.3, -0.25) is 13.9 Å². The van der Waals surface area contributed by atoms with Crippen LogP contribution in [0.3, 0.4) is 0 Å². The molecule has 0 radical (unpaired) electrons. The molecule has 3 aromatic carbocycles. The van der Waals surface area contributed by atoms with Crippen molar-refractivity contribution in [1.29, 1.82) is 0 Å². The van der Waals surface area contributed by atoms with Crippen LogP contribution in [0.4, 0.5) is 14.5 Å². The SMILES string of the molecule is CCCCNC(=O)[C@H](Cc1ccccc1)N(Cc1ccccc1F)C(=O)CN(c1ccc(F)c(Cl)c1)S(C)(=O)=O. The van der Waals surface area contributed by atoms with Gasteiger partial charge in [0.25, 0.3) is 0 Å². The summed E-state index contributed by atoms with van der Waals surface area (Å²) in [4.78, 5) is 28.6. The molecule has 0 aliphatic rings. The lowest BCUT2D eigenvalue weighted by atomic mass is 10.0. The fourth-order valence-electron chi connectivity index (χ4n) is 4.12. The number of unbranched alkanes of at least 4 members (excludes halogenated alkanes) is 1. The average molecular weight is 592 g/mol. The summed E-state index contributed by atoms with van der Waals surface area (Å²) in [6, 6.07) is 17.1. The molecule has 1 N–H and O–H groups in total. The molecule has 0 bridgehead atoms. The first kappa shape index (κ1) is 31.0. The highest BCUT2D eigenvalue weighted by Gasteiger charge is 2.33. The second-order valence-electron chi connectivity index (χ2n) is 9.33. The summed E-state index contributed by atoms with van der Waals surface area (Å²) in [6.07, 6.45) is 2.57. The van der Waals surface area contributed by atoms with E-state index >= 15 is 0 Å². The summed E-state index contributed by atoms with van der Waals surface area (Å²) in [5.41, 5.74) is 0.890. The highest BCUT2D eigenvalue weighted by atomic mass is 35.5. The van der Waals surface area contributed by atoms with Gasteiger partial charge in [-0.2, -0.15) is 0 Å². The van der Waals surface area contributed by atoms with Crippen molar-refractivity contribution in [2.45, 2.75) is 38.8 Å². The van der Waals surface area contributed by atoms with Crippen LogP contribution < -0.4 is 9.62 Å². The number of carbonyl (C=O) groups is 2. The minimum Gasteiger partial charge on any atom is -0.354 e. The molecule has 0 unspecified atom stereocenters. The Labute approximate surface area is 238 Å². The number of hydrogen-bond acceptors (Lipinski definition) is 4. The van der Waals surface area contributed by atoms with Crippen LogP contribution in [0.25, 0.3) is 0 Å². The molecule has 0 aliphatic heterocycles. The first-order valence-electron chi connectivity index (χ1n) is 12.8. The smallest absolute Gasteiger partial charge is 0.244 e. The van der Waals surface area contributed by atoms with Crippen LogP contribution in [0.5, 0.6) is 0 Å². The predicted molar refractivity (Wildman–Crippen MR) is 152 cm³/mol. The molecule has 0 aromatic heterocycles. The van der Waals surface area contributed by atoms with E-state index in [-0.39, 0.29) is 29.2 Å². The van der Waals surface area contributed by atoms with Gasteiger partial charge in [-0.1, -0.05) is 73.5 Å². The summed E-state index contributed by atoms with van der Waals surface area (Å²) in [5.74, 6) is -2.52. The van der Waals surface area contributed by atoms with E-state index in [0.717, 1.165) is 41.1 Å². The highest BCUT2D eigenvalue weighted by molar-refractivity contribution is 7.92. The Morgan fingerprint density at radius 2 is 1.65 bits per heavy atom. The molecule has 0 heterocycles. The fourth-order valence-corrected chi connectivity index (χ4v) is 5.14. The number of nitrogens with zero attached hydrogens (tertiary/aromatic N) is 2. The molecular formula is C29H32ClF2N3O4S. The lowest BCUT2D eigenvalue weighted by molar-refractivity contribution is -0.140. The largest absolute Gasteiger partial charge is 0.354 e. The molecule has 3 aromatic rings. The van der Waals surface area contributed by atoms with Crippen molar-refractivity contribution in [2.75, 3.05) is 23.7 Å². The molecule has 40 heavy (non-hydrogen) atoms. The Morgan fingerprint density at radius 1 is 0.975 bits per heavy atom. The quantitative estimate of drug-likeness (QED) is 0.285. The molecular weight excluding hydrogens is 560 g/mol. The maximum atomic E-state index is 14.8. The van der Waals surface area contributed by atoms with Crippen molar-refractivity contribution in [2.24, 2.45) is 0 Å². The van der Waals surface area contributed by atoms with Gasteiger partial charge in [0.15, 0.2) is 0 Å². The minimum absolute atomic E-state index is 0.0277. The molecule has 0 aliphatic carbocycles. The molecule has 214 valence electrons. The summed E-state index contributed by atoms with van der Waals surface area (Å²) in [5, 5.41) is 2.53. The predicted octanol–water partition coefficient (Wildman–Crippen LogP) is 4.94. The van der Waals surface area contributed by atoms with Gasteiger partial charge < -0.3 is 10.2 Å². The van der Waals surface area contributed by atoms with Crippen LogP contribution in [0.15, 0.2) is 72.8 Å². The molecule has 0 fully saturated rings. The highest BCUT2D eigenvalue weighted by Crippen LogP contribution is 2.25. The van der Waals surface area contributed by atoms with Gasteiger partial charge in [0.05, 0.1) is 17.0 Å². The number of halogens is 3. The van der Waals surface area contributed by atoms with Crippen molar-refractivity contribution >= 4 is 39.1 Å². The number of carbonyl (C=O) groups excluding carboxylic acids is 2. The van der Waals surface area contributed by atoms with Gasteiger partial charge in [-0.25, -0.2) is 17.2 Å². The first-order chi connectivity index (χ1) is 19.0. The standard InChI is InChI=1S/C29H32ClF2N3O4S/c1-3-4-16-33-29(37)27(17-21-10-6-5-7-11-21)34(19-22-12-8-9-13-25(22)31)28(36)20-35(40(2,38)39)23-14-15-26(32)24(30)18-23/h5-15,18,27H,3-4,16-17,19-20H2,1-2H3,(H,33,37)/t27-/m0/s1. The maximum Gasteiger partial charge on any atom is 0.244 e. The van der Waals surface area contributed by atoms with E-state index in [4.69, 9.17) is 11.6 Å². The second kappa shape index (κ2) is 14.2. The molecule has 0 saturated carbocycles. The lowest BCUT2D eigenvalue weighted by Gasteiger charge is -2.33. The third kappa shape index (κ3) is 8.50. The van der Waals surface area contributed by atoms with E-state index in [1.54, 1.807) is 30.3 Å². The zero-order valence-electron chi connectivity index (χ0n) is 22.3. The van der Waals surface area contributed by atoms with Crippen molar-refractivity contribution < 1.29 is 26.8 Å². The van der Waals surface area contributed by atoms with Crippen molar-refractivity contribution in [3.8, 4) is 0 Å². The van der Waals surface area contributed by atoms with Gasteiger partial charge in [-0.05, 0) is 36.2 Å². The number of hydrogen-bond donors (Lipinski definition) is 1. The Balaban J connectivity index is 2.05. The number of rotatable bonds is 13. The molecule has 1 atom stereocenters. The van der Waals surface area contributed by atoms with Gasteiger partial charge in [0.2, 0.25) is 21.8 Å². The zero-order chi connectivity index (χ0) is 29.3. The van der Waals surface area contributed by atoms with Crippen LogP contribution in [0.1, 0.15) is 30.9 Å². The average Bonchev–Trinajstić information content (AvgIpc) is 2.91. The fraction of sp³-hybridized carbons (Fsp3) is 0.310. The second-order valence-corrected chi connectivity index (χ2v) is 11.6. The van der Waals surface area contributed by atoms with E-state index in [9.17, 15) is 26.8 Å². The maximum absolute atomic E-state index is 14.8. The molecule has 3 rings (SSSR count). The van der Waals surface area contributed by atoms with E-state index in [0.29, 0.717) is 6.54 Å². The number of sulfonamides is 1. The zero-order valence-corrected chi connectivity index (χ0v) is 23.9. The Morgan fingerprint density at radius 3 is 2.27 bits per heavy atom. The number of anilines is 1.